The largest absolute Gasteiger partial charge is 0.445 e. The number of likely N-dealkylation sites (tertiary alicyclic amines) is 1. The zero-order valence-corrected chi connectivity index (χ0v) is 23.7. The van der Waals surface area contributed by atoms with Crippen molar-refractivity contribution in [2.24, 2.45) is 5.92 Å². The molecule has 0 aromatic carbocycles. The molecule has 5 heterocycles. The van der Waals surface area contributed by atoms with Crippen molar-refractivity contribution in [2.45, 2.75) is 77.1 Å². The van der Waals surface area contributed by atoms with Crippen molar-refractivity contribution in [2.75, 3.05) is 38.5 Å². The van der Waals surface area contributed by atoms with Crippen molar-refractivity contribution in [1.29, 1.82) is 0 Å². The lowest BCUT2D eigenvalue weighted by atomic mass is 9.94. The van der Waals surface area contributed by atoms with Gasteiger partial charge in [-0.2, -0.15) is 0 Å². The van der Waals surface area contributed by atoms with Crippen LogP contribution in [-0.4, -0.2) is 104 Å². The second-order valence-electron chi connectivity index (χ2n) is 10.0. The van der Waals surface area contributed by atoms with Gasteiger partial charge in [-0.3, -0.25) is 9.36 Å². The van der Waals surface area contributed by atoms with E-state index in [1.165, 1.54) is 10.9 Å². The topological polar surface area (TPSA) is 190 Å². The molecule has 41 heavy (non-hydrogen) atoms. The van der Waals surface area contributed by atoms with Crippen molar-refractivity contribution in [3.05, 3.63) is 12.2 Å². The number of aromatic nitrogens is 4. The molecular formula is C27H40N8O6. The average Bonchev–Trinajstić information content (AvgIpc) is 3.71. The number of nitrogens with one attached hydrogen (secondary N) is 2. The third kappa shape index (κ3) is 6.87. The fourth-order valence-electron chi connectivity index (χ4n) is 5.10. The molecule has 224 valence electrons. The summed E-state index contributed by atoms with van der Waals surface area (Å²) in [5, 5.41) is 26.7. The summed E-state index contributed by atoms with van der Waals surface area (Å²) in [6, 6.07) is 0. The molecule has 2 aromatic heterocycles. The molecular weight excluding hydrogens is 532 g/mol. The first-order valence-electron chi connectivity index (χ1n) is 14.3. The molecule has 3 saturated heterocycles. The summed E-state index contributed by atoms with van der Waals surface area (Å²) in [5.74, 6) is 6.18. The van der Waals surface area contributed by atoms with Crippen LogP contribution in [0.1, 0.15) is 58.5 Å². The first-order valence-corrected chi connectivity index (χ1v) is 14.3. The maximum absolute atomic E-state index is 12.4. The zero-order valence-electron chi connectivity index (χ0n) is 23.7. The van der Waals surface area contributed by atoms with Crippen molar-refractivity contribution in [3.8, 4) is 11.8 Å². The summed E-state index contributed by atoms with van der Waals surface area (Å²) < 4.78 is 12.7. The Morgan fingerprint density at radius 3 is 2.66 bits per heavy atom. The van der Waals surface area contributed by atoms with Gasteiger partial charge in [0.25, 0.3) is 5.91 Å². The first-order chi connectivity index (χ1) is 19.9. The molecule has 14 heteroatoms. The third-order valence-corrected chi connectivity index (χ3v) is 7.32. The molecule has 2 amide bonds. The smallest absolute Gasteiger partial charge is 0.410 e. The van der Waals surface area contributed by atoms with E-state index in [0.717, 1.165) is 25.8 Å². The van der Waals surface area contributed by atoms with Gasteiger partial charge in [0, 0.05) is 32.6 Å². The van der Waals surface area contributed by atoms with Gasteiger partial charge in [0.15, 0.2) is 23.8 Å². The van der Waals surface area contributed by atoms with Gasteiger partial charge in [-0.05, 0) is 44.6 Å². The van der Waals surface area contributed by atoms with Crippen LogP contribution >= 0.6 is 0 Å². The third-order valence-electron chi connectivity index (χ3n) is 7.32. The highest BCUT2D eigenvalue weighted by atomic mass is 16.6. The molecule has 3 aliphatic rings. The first kappa shape index (κ1) is 30.4. The van der Waals surface area contributed by atoms with Gasteiger partial charge >= 0.3 is 6.09 Å². The Balaban J connectivity index is 0.00000189. The molecule has 0 bridgehead atoms. The summed E-state index contributed by atoms with van der Waals surface area (Å²) in [4.78, 5) is 39.3. The van der Waals surface area contributed by atoms with Crippen LogP contribution < -0.4 is 16.4 Å². The number of hydrogen-bond donors (Lipinski definition) is 5. The summed E-state index contributed by atoms with van der Waals surface area (Å²) >= 11 is 0. The molecule has 14 nitrogen and oxygen atoms in total. The highest BCUT2D eigenvalue weighted by molar-refractivity contribution is 5.83. The molecule has 0 aliphatic carbocycles. The standard InChI is InChI=1S/C25H34N8O6.C2H6/c1-2-28-23(36)20-18(34)19(35)24(39-20)33-13-29-17-21(26)30-16(31-22(17)33)5-3-4-14-7-10-32(11-8-14)25(37)38-15-6-9-27-12-15;1-2/h13-15,18-20,24,27,34-35H,2,4,6-12H2,1H3,(H,28,36)(H2,26,30,31);1-2H3/t15?,18-,19?,20+,24-;/m1./s1. The van der Waals surface area contributed by atoms with E-state index >= 15 is 0 Å². The number of rotatable bonds is 5. The van der Waals surface area contributed by atoms with Crippen LogP contribution in [-0.2, 0) is 14.3 Å². The fraction of sp³-hybridized carbons (Fsp3) is 0.667. The SMILES string of the molecule is CC.CCNC(=O)[C@H]1O[C@@H](n2cnc3c(N)nc(C#CCC4CCN(C(=O)OC5CCNC5)CC4)nc32)C(O)[C@H]1O. The number of fused-ring (bicyclic) bond motifs is 1. The van der Waals surface area contributed by atoms with E-state index in [1.54, 1.807) is 11.8 Å². The minimum atomic E-state index is -1.43. The quantitative estimate of drug-likeness (QED) is 0.306. The van der Waals surface area contributed by atoms with E-state index in [-0.39, 0.29) is 29.5 Å². The number of ether oxygens (including phenoxy) is 2. The van der Waals surface area contributed by atoms with Gasteiger partial charge in [0.2, 0.25) is 5.82 Å². The molecule has 5 rings (SSSR count). The van der Waals surface area contributed by atoms with Crippen molar-refractivity contribution < 1.29 is 29.3 Å². The number of nitrogens with two attached hydrogens (primary N) is 1. The number of nitrogen functional groups attached to an aromatic ring is 1. The van der Waals surface area contributed by atoms with Crippen molar-refractivity contribution >= 4 is 29.0 Å². The van der Waals surface area contributed by atoms with Crippen molar-refractivity contribution in [3.63, 3.8) is 0 Å². The van der Waals surface area contributed by atoms with Crippen LogP contribution in [0.2, 0.25) is 0 Å². The van der Waals surface area contributed by atoms with E-state index in [1.807, 2.05) is 13.8 Å². The molecule has 0 radical (unpaired) electrons. The van der Waals surface area contributed by atoms with Gasteiger partial charge in [-0.25, -0.2) is 19.7 Å². The number of anilines is 1. The lowest BCUT2D eigenvalue weighted by Crippen LogP contribution is -2.42. The van der Waals surface area contributed by atoms with Gasteiger partial charge < -0.3 is 41.0 Å². The number of aliphatic hydroxyl groups is 2. The molecule has 3 aliphatic heterocycles. The molecule has 2 aromatic rings. The molecule has 5 atom stereocenters. The number of piperidine rings is 1. The summed E-state index contributed by atoms with van der Waals surface area (Å²) in [5.41, 5.74) is 6.66. The van der Waals surface area contributed by atoms with E-state index < -0.39 is 30.4 Å². The van der Waals surface area contributed by atoms with Crippen LogP contribution in [0, 0.1) is 17.8 Å². The normalized spacial score (nSPS) is 26.2. The summed E-state index contributed by atoms with van der Waals surface area (Å²) in [6.45, 7) is 8.95. The highest BCUT2D eigenvalue weighted by Crippen LogP contribution is 2.32. The van der Waals surface area contributed by atoms with Crippen LogP contribution in [0.15, 0.2) is 6.33 Å². The zero-order chi connectivity index (χ0) is 29.5. The summed E-state index contributed by atoms with van der Waals surface area (Å²) in [6.07, 6.45) is -0.963. The van der Waals surface area contributed by atoms with E-state index in [9.17, 15) is 19.8 Å². The van der Waals surface area contributed by atoms with Gasteiger partial charge in [0.1, 0.15) is 23.8 Å². The molecule has 2 unspecified atom stereocenters. The number of hydrogen-bond acceptors (Lipinski definition) is 11. The predicted octanol–water partition coefficient (Wildman–Crippen LogP) is 0.142. The maximum Gasteiger partial charge on any atom is 0.410 e. The predicted molar refractivity (Wildman–Crippen MR) is 149 cm³/mol. The van der Waals surface area contributed by atoms with E-state index in [0.29, 0.717) is 44.0 Å². The molecule has 0 spiro atoms. The van der Waals surface area contributed by atoms with Crippen LogP contribution in [0.25, 0.3) is 11.2 Å². The lowest BCUT2D eigenvalue weighted by molar-refractivity contribution is -0.137. The van der Waals surface area contributed by atoms with E-state index in [2.05, 4.69) is 37.4 Å². The Kier molecular flexibility index (Phi) is 10.3. The van der Waals surface area contributed by atoms with Gasteiger partial charge in [-0.15, -0.1) is 0 Å². The Morgan fingerprint density at radius 1 is 1.22 bits per heavy atom. The number of amides is 2. The number of nitrogens with zero attached hydrogens (tertiary/aromatic N) is 5. The van der Waals surface area contributed by atoms with E-state index in [4.69, 9.17) is 15.2 Å². The monoisotopic (exact) mass is 572 g/mol. The second kappa shape index (κ2) is 13.9. The van der Waals surface area contributed by atoms with Crippen molar-refractivity contribution in [1.82, 2.24) is 35.1 Å². The second-order valence-corrected chi connectivity index (χ2v) is 10.0. The Bertz CT molecular complexity index is 1260. The molecule has 3 fully saturated rings. The number of carbonyl (C=O) groups excluding carboxylic acids is 2. The number of aliphatic hydroxyl groups excluding tert-OH is 2. The Hall–Kier alpha value is -3.51. The molecule has 6 N–H and O–H groups in total. The number of carbonyl (C=O) groups is 2. The van der Waals surface area contributed by atoms with Crippen LogP contribution in [0.5, 0.6) is 0 Å². The lowest BCUT2D eigenvalue weighted by Gasteiger charge is -2.31. The Labute approximate surface area is 239 Å². The maximum atomic E-state index is 12.4. The van der Waals surface area contributed by atoms with Crippen LogP contribution in [0.4, 0.5) is 10.6 Å². The average molecular weight is 573 g/mol. The minimum Gasteiger partial charge on any atom is -0.445 e. The fourth-order valence-corrected chi connectivity index (χ4v) is 5.10. The Morgan fingerprint density at radius 2 is 1.98 bits per heavy atom. The van der Waals surface area contributed by atoms with Crippen LogP contribution in [0.3, 0.4) is 0 Å². The number of likely N-dealkylation sites (N-methyl/N-ethyl adjacent to an activating group) is 1. The highest BCUT2D eigenvalue weighted by Gasteiger charge is 2.47. The van der Waals surface area contributed by atoms with Gasteiger partial charge in [0.05, 0.1) is 6.33 Å². The minimum absolute atomic E-state index is 0.0438. The molecule has 0 saturated carbocycles. The summed E-state index contributed by atoms with van der Waals surface area (Å²) in [7, 11) is 0. The number of imidazole rings is 1. The van der Waals surface area contributed by atoms with Gasteiger partial charge in [-0.1, -0.05) is 19.8 Å².